The molecule has 0 radical (unpaired) electrons. The summed E-state index contributed by atoms with van der Waals surface area (Å²) in [5, 5.41) is 9.04. The number of hydrogen-bond donors (Lipinski definition) is 1. The van der Waals surface area contributed by atoms with Crippen LogP contribution in [0.4, 0.5) is 4.79 Å². The molecule has 2 unspecified atom stereocenters. The van der Waals surface area contributed by atoms with Crippen LogP contribution < -0.4 is 0 Å². The highest BCUT2D eigenvalue weighted by Gasteiger charge is 2.24. The van der Waals surface area contributed by atoms with Gasteiger partial charge in [0.1, 0.15) is 5.76 Å². The Labute approximate surface area is 160 Å². The van der Waals surface area contributed by atoms with Crippen LogP contribution in [0.25, 0.3) is 11.5 Å². The van der Waals surface area contributed by atoms with Crippen LogP contribution in [0.3, 0.4) is 0 Å². The fourth-order valence-electron chi connectivity index (χ4n) is 3.71. The number of hydrogen-bond acceptors (Lipinski definition) is 4. The first kappa shape index (κ1) is 19.4. The Kier molecular flexibility index (Phi) is 6.50. The number of aryl methyl sites for hydroxylation is 1. The summed E-state index contributed by atoms with van der Waals surface area (Å²) in [5.74, 6) is 1.86. The number of ether oxygens (including phenoxy) is 1. The molecule has 0 bridgehead atoms. The van der Waals surface area contributed by atoms with Gasteiger partial charge in [-0.15, -0.1) is 0 Å². The normalized spacial score (nSPS) is 19.8. The second kappa shape index (κ2) is 9.04. The standard InChI is InChI=1S/C21H28N2O4/c1-15-19(22-20(27-15)17-8-4-3-5-9-17)11-12-26-18-10-6-7-16(13-18)14-23(2)21(24)25/h3-5,8-9,16,18H,6-7,10-14H2,1-2H3,(H,24,25). The molecule has 3 rings (SSSR count). The van der Waals surface area contributed by atoms with Crippen molar-refractivity contribution in [3.8, 4) is 11.5 Å². The van der Waals surface area contributed by atoms with E-state index in [4.69, 9.17) is 14.3 Å². The van der Waals surface area contributed by atoms with Crippen LogP contribution in [0.2, 0.25) is 0 Å². The van der Waals surface area contributed by atoms with Gasteiger partial charge in [0.25, 0.3) is 0 Å². The molecule has 2 atom stereocenters. The molecule has 2 aromatic rings. The molecule has 6 nitrogen and oxygen atoms in total. The van der Waals surface area contributed by atoms with Crippen LogP contribution in [-0.4, -0.2) is 47.4 Å². The van der Waals surface area contributed by atoms with E-state index >= 15 is 0 Å². The number of benzene rings is 1. The third-order valence-corrected chi connectivity index (χ3v) is 5.20. The van der Waals surface area contributed by atoms with Crippen molar-refractivity contribution in [1.29, 1.82) is 0 Å². The summed E-state index contributed by atoms with van der Waals surface area (Å²) in [5.41, 5.74) is 1.91. The van der Waals surface area contributed by atoms with Gasteiger partial charge < -0.3 is 19.2 Å². The van der Waals surface area contributed by atoms with Crippen molar-refractivity contribution in [2.24, 2.45) is 5.92 Å². The summed E-state index contributed by atoms with van der Waals surface area (Å²) >= 11 is 0. The maximum atomic E-state index is 11.0. The number of rotatable bonds is 7. The summed E-state index contributed by atoms with van der Waals surface area (Å²) in [4.78, 5) is 17.0. The number of aromatic nitrogens is 1. The van der Waals surface area contributed by atoms with Crippen molar-refractivity contribution < 1.29 is 19.1 Å². The average molecular weight is 372 g/mol. The van der Waals surface area contributed by atoms with Gasteiger partial charge in [-0.05, 0) is 44.2 Å². The zero-order valence-electron chi connectivity index (χ0n) is 16.1. The summed E-state index contributed by atoms with van der Waals surface area (Å²) in [6.45, 7) is 3.12. The van der Waals surface area contributed by atoms with E-state index < -0.39 is 6.09 Å². The molecule has 1 N–H and O–H groups in total. The predicted molar refractivity (Wildman–Crippen MR) is 103 cm³/mol. The number of carbonyl (C=O) groups is 1. The Bertz CT molecular complexity index is 744. The highest BCUT2D eigenvalue weighted by Crippen LogP contribution is 2.27. The summed E-state index contributed by atoms with van der Waals surface area (Å²) in [7, 11) is 1.63. The van der Waals surface area contributed by atoms with Gasteiger partial charge in [-0.2, -0.15) is 0 Å². The van der Waals surface area contributed by atoms with Crippen LogP contribution >= 0.6 is 0 Å². The van der Waals surface area contributed by atoms with E-state index in [1.54, 1.807) is 7.05 Å². The molecule has 146 valence electrons. The van der Waals surface area contributed by atoms with E-state index in [2.05, 4.69) is 4.98 Å². The summed E-state index contributed by atoms with van der Waals surface area (Å²) in [6.07, 6.45) is 4.17. The van der Waals surface area contributed by atoms with Crippen LogP contribution in [0.1, 0.15) is 37.1 Å². The second-order valence-corrected chi connectivity index (χ2v) is 7.33. The zero-order valence-corrected chi connectivity index (χ0v) is 16.1. The Morgan fingerprint density at radius 1 is 1.33 bits per heavy atom. The Balaban J connectivity index is 1.48. The molecule has 6 heteroatoms. The van der Waals surface area contributed by atoms with E-state index in [1.165, 1.54) is 4.90 Å². The van der Waals surface area contributed by atoms with E-state index in [0.29, 0.717) is 25.0 Å². The summed E-state index contributed by atoms with van der Waals surface area (Å²) in [6, 6.07) is 9.89. The minimum absolute atomic E-state index is 0.201. The molecule has 1 heterocycles. The first-order valence-electron chi connectivity index (χ1n) is 9.60. The smallest absolute Gasteiger partial charge is 0.407 e. The Morgan fingerprint density at radius 3 is 2.85 bits per heavy atom. The predicted octanol–water partition coefficient (Wildman–Crippen LogP) is 4.38. The van der Waals surface area contributed by atoms with Crippen molar-refractivity contribution in [3.63, 3.8) is 0 Å². The lowest BCUT2D eigenvalue weighted by atomic mass is 9.87. The van der Waals surface area contributed by atoms with E-state index in [-0.39, 0.29) is 6.10 Å². The van der Waals surface area contributed by atoms with E-state index in [9.17, 15) is 4.79 Å². The SMILES string of the molecule is Cc1oc(-c2ccccc2)nc1CCOC1CCCC(CN(C)C(=O)O)C1. The van der Waals surface area contributed by atoms with Crippen molar-refractivity contribution >= 4 is 6.09 Å². The average Bonchev–Trinajstić information content (AvgIpc) is 3.03. The quantitative estimate of drug-likeness (QED) is 0.781. The molecule has 27 heavy (non-hydrogen) atoms. The van der Waals surface area contributed by atoms with Gasteiger partial charge in [0, 0.05) is 25.6 Å². The highest BCUT2D eigenvalue weighted by atomic mass is 16.5. The number of amides is 1. The first-order valence-corrected chi connectivity index (χ1v) is 9.60. The van der Waals surface area contributed by atoms with Crippen molar-refractivity contribution in [2.45, 2.75) is 45.1 Å². The van der Waals surface area contributed by atoms with Crippen LogP contribution in [-0.2, 0) is 11.2 Å². The maximum absolute atomic E-state index is 11.0. The Morgan fingerprint density at radius 2 is 2.11 bits per heavy atom. The second-order valence-electron chi connectivity index (χ2n) is 7.33. The number of nitrogens with zero attached hydrogens (tertiary/aromatic N) is 2. The van der Waals surface area contributed by atoms with Crippen LogP contribution in [0, 0.1) is 12.8 Å². The summed E-state index contributed by atoms with van der Waals surface area (Å²) < 4.78 is 11.9. The minimum atomic E-state index is -0.867. The monoisotopic (exact) mass is 372 g/mol. The van der Waals surface area contributed by atoms with Gasteiger partial charge in [0.05, 0.1) is 18.4 Å². The third-order valence-electron chi connectivity index (χ3n) is 5.20. The lowest BCUT2D eigenvalue weighted by molar-refractivity contribution is 0.0102. The van der Waals surface area contributed by atoms with E-state index in [1.807, 2.05) is 37.3 Å². The first-order chi connectivity index (χ1) is 13.0. The molecular formula is C21H28N2O4. The molecule has 0 saturated heterocycles. The lowest BCUT2D eigenvalue weighted by Crippen LogP contribution is -2.34. The van der Waals surface area contributed by atoms with Gasteiger partial charge in [0.15, 0.2) is 0 Å². The molecular weight excluding hydrogens is 344 g/mol. The third kappa shape index (κ3) is 5.32. The van der Waals surface area contributed by atoms with Crippen LogP contribution in [0.15, 0.2) is 34.7 Å². The molecule has 0 aliphatic heterocycles. The largest absolute Gasteiger partial charge is 0.465 e. The number of oxazole rings is 1. The maximum Gasteiger partial charge on any atom is 0.407 e. The molecule has 1 aliphatic rings. The highest BCUT2D eigenvalue weighted by molar-refractivity contribution is 5.64. The van der Waals surface area contributed by atoms with Gasteiger partial charge in [-0.25, -0.2) is 9.78 Å². The molecule has 1 fully saturated rings. The minimum Gasteiger partial charge on any atom is -0.465 e. The lowest BCUT2D eigenvalue weighted by Gasteiger charge is -2.31. The molecule has 1 aliphatic carbocycles. The molecule has 0 spiro atoms. The molecule has 1 saturated carbocycles. The molecule has 1 aromatic carbocycles. The van der Waals surface area contributed by atoms with Crippen molar-refractivity contribution in [2.75, 3.05) is 20.2 Å². The van der Waals surface area contributed by atoms with Crippen LogP contribution in [0.5, 0.6) is 0 Å². The van der Waals surface area contributed by atoms with Gasteiger partial charge >= 0.3 is 6.09 Å². The fraction of sp³-hybridized carbons (Fsp3) is 0.524. The topological polar surface area (TPSA) is 75.8 Å². The van der Waals surface area contributed by atoms with Crippen molar-refractivity contribution in [3.05, 3.63) is 41.8 Å². The van der Waals surface area contributed by atoms with Gasteiger partial charge in [-0.1, -0.05) is 24.6 Å². The van der Waals surface area contributed by atoms with Crippen molar-refractivity contribution in [1.82, 2.24) is 9.88 Å². The molecule has 1 amide bonds. The number of carboxylic acid groups (broad SMARTS) is 1. The van der Waals surface area contributed by atoms with Gasteiger partial charge in [0.2, 0.25) is 5.89 Å². The van der Waals surface area contributed by atoms with Gasteiger partial charge in [-0.3, -0.25) is 0 Å². The van der Waals surface area contributed by atoms with E-state index in [0.717, 1.165) is 49.1 Å². The Hall–Kier alpha value is -2.34. The fourth-order valence-corrected chi connectivity index (χ4v) is 3.71. The zero-order chi connectivity index (χ0) is 19.2. The molecule has 1 aromatic heterocycles.